The molecule has 20 heavy (non-hydrogen) atoms. The quantitative estimate of drug-likeness (QED) is 0.932. The molecule has 0 amide bonds. The highest BCUT2D eigenvalue weighted by Gasteiger charge is 2.42. The zero-order valence-corrected chi connectivity index (χ0v) is 12.9. The summed E-state index contributed by atoms with van der Waals surface area (Å²) in [5.74, 6) is 0. The maximum atomic E-state index is 11.2. The predicted molar refractivity (Wildman–Crippen MR) is 79.6 cm³/mol. The summed E-state index contributed by atoms with van der Waals surface area (Å²) >= 11 is 3.52. The van der Waals surface area contributed by atoms with E-state index in [2.05, 4.69) is 27.1 Å². The van der Waals surface area contributed by atoms with Gasteiger partial charge in [0.15, 0.2) is 0 Å². The molecule has 106 valence electrons. The maximum absolute atomic E-state index is 11.2. The topological polar surface area (TPSA) is 47.3 Å². The average molecular weight is 337 g/mol. The normalized spacial score (nSPS) is 21.1. The second kappa shape index (κ2) is 5.31. The molecule has 0 spiro atoms. The third-order valence-electron chi connectivity index (χ3n) is 3.91. The smallest absolute Gasteiger partial charge is 0.133 e. The minimum Gasteiger partial charge on any atom is -0.383 e. The highest BCUT2D eigenvalue weighted by molar-refractivity contribution is 9.10. The lowest BCUT2D eigenvalue weighted by Crippen LogP contribution is -2.29. The molecular formula is C15H17BrN2O2. The summed E-state index contributed by atoms with van der Waals surface area (Å²) in [6, 6.07) is 8.07. The highest BCUT2D eigenvalue weighted by atomic mass is 79.9. The first-order valence-corrected chi connectivity index (χ1v) is 7.47. The number of rotatable bonds is 4. The van der Waals surface area contributed by atoms with Crippen LogP contribution >= 0.6 is 15.9 Å². The van der Waals surface area contributed by atoms with E-state index in [4.69, 9.17) is 4.74 Å². The molecule has 1 aromatic heterocycles. The Kier molecular flexibility index (Phi) is 3.67. The fourth-order valence-corrected chi connectivity index (χ4v) is 3.58. The number of hydrogen-bond acceptors (Lipinski definition) is 3. The molecule has 4 nitrogen and oxygen atoms in total. The first-order valence-electron chi connectivity index (χ1n) is 6.68. The van der Waals surface area contributed by atoms with Gasteiger partial charge in [-0.1, -0.05) is 24.3 Å². The van der Waals surface area contributed by atoms with Crippen molar-refractivity contribution in [2.45, 2.75) is 25.0 Å². The Bertz CT molecular complexity index is 626. The Labute approximate surface area is 126 Å². The van der Waals surface area contributed by atoms with E-state index in [0.29, 0.717) is 19.6 Å². The molecule has 0 radical (unpaired) electrons. The number of aliphatic hydroxyl groups is 1. The molecule has 1 atom stereocenters. The summed E-state index contributed by atoms with van der Waals surface area (Å²) in [4.78, 5) is 0. The lowest BCUT2D eigenvalue weighted by Gasteiger charge is -2.26. The van der Waals surface area contributed by atoms with Crippen molar-refractivity contribution in [1.82, 2.24) is 9.78 Å². The molecular weight excluding hydrogens is 320 g/mol. The fraction of sp³-hybridized carbons (Fsp3) is 0.400. The fourth-order valence-electron chi connectivity index (χ4n) is 2.96. The van der Waals surface area contributed by atoms with Crippen LogP contribution in [0.3, 0.4) is 0 Å². The molecule has 0 bridgehead atoms. The Morgan fingerprint density at radius 1 is 1.45 bits per heavy atom. The number of fused-ring (bicyclic) bond motifs is 1. The molecule has 1 heterocycles. The molecule has 0 fully saturated rings. The zero-order valence-electron chi connectivity index (χ0n) is 11.3. The summed E-state index contributed by atoms with van der Waals surface area (Å²) in [6.45, 7) is 1.20. The van der Waals surface area contributed by atoms with Gasteiger partial charge >= 0.3 is 0 Å². The van der Waals surface area contributed by atoms with Crippen molar-refractivity contribution in [3.05, 3.63) is 51.8 Å². The zero-order chi connectivity index (χ0) is 14.2. The number of aromatic nitrogens is 2. The molecule has 1 aromatic carbocycles. The molecule has 0 saturated heterocycles. The van der Waals surface area contributed by atoms with Gasteiger partial charge in [0.25, 0.3) is 0 Å². The van der Waals surface area contributed by atoms with Crippen LogP contribution in [0.25, 0.3) is 0 Å². The largest absolute Gasteiger partial charge is 0.383 e. The summed E-state index contributed by atoms with van der Waals surface area (Å²) in [5, 5.41) is 15.6. The van der Waals surface area contributed by atoms with Gasteiger partial charge in [-0.05, 0) is 39.9 Å². The first-order chi connectivity index (χ1) is 9.66. The van der Waals surface area contributed by atoms with Gasteiger partial charge < -0.3 is 9.84 Å². The summed E-state index contributed by atoms with van der Waals surface area (Å²) in [5.41, 5.74) is 2.04. The van der Waals surface area contributed by atoms with Crippen molar-refractivity contribution in [2.24, 2.45) is 0 Å². The molecule has 2 aromatic rings. The average Bonchev–Trinajstić information content (AvgIpc) is 2.99. The third kappa shape index (κ3) is 2.10. The van der Waals surface area contributed by atoms with Crippen LogP contribution < -0.4 is 0 Å². The highest BCUT2D eigenvalue weighted by Crippen LogP contribution is 2.44. The molecule has 0 saturated carbocycles. The standard InChI is InChI=1S/C15H17BrN2O2/c1-20-9-8-18-14(13(16)10-17-18)15(19)7-6-11-4-2-3-5-12(11)15/h2-5,10,19H,6-9H2,1H3. The molecule has 1 unspecified atom stereocenters. The van der Waals surface area contributed by atoms with Gasteiger partial charge in [0.05, 0.1) is 29.5 Å². The molecule has 3 rings (SSSR count). The van der Waals surface area contributed by atoms with E-state index in [0.717, 1.165) is 22.2 Å². The lowest BCUT2D eigenvalue weighted by atomic mass is 9.92. The summed E-state index contributed by atoms with van der Waals surface area (Å²) < 4.78 is 7.79. The van der Waals surface area contributed by atoms with Crippen LogP contribution in [0, 0.1) is 0 Å². The number of halogens is 1. The van der Waals surface area contributed by atoms with E-state index in [1.54, 1.807) is 13.3 Å². The Morgan fingerprint density at radius 2 is 2.25 bits per heavy atom. The SMILES string of the molecule is COCCn1ncc(Br)c1C1(O)CCc2ccccc21. The van der Waals surface area contributed by atoms with E-state index in [1.807, 2.05) is 22.9 Å². The predicted octanol–water partition coefficient (Wildman–Crippen LogP) is 2.47. The molecule has 5 heteroatoms. The Morgan fingerprint density at radius 3 is 3.05 bits per heavy atom. The van der Waals surface area contributed by atoms with Crippen molar-refractivity contribution in [3.8, 4) is 0 Å². The number of aryl methyl sites for hydroxylation is 1. The van der Waals surface area contributed by atoms with Crippen LogP contribution in [-0.2, 0) is 23.3 Å². The van der Waals surface area contributed by atoms with Gasteiger partial charge in [-0.2, -0.15) is 5.10 Å². The molecule has 0 aliphatic heterocycles. The van der Waals surface area contributed by atoms with Crippen LogP contribution in [0.15, 0.2) is 34.9 Å². The number of hydrogen-bond donors (Lipinski definition) is 1. The van der Waals surface area contributed by atoms with Gasteiger partial charge in [-0.15, -0.1) is 0 Å². The van der Waals surface area contributed by atoms with Crippen molar-refractivity contribution < 1.29 is 9.84 Å². The van der Waals surface area contributed by atoms with Crippen LogP contribution in [0.2, 0.25) is 0 Å². The number of benzene rings is 1. The molecule has 1 aliphatic carbocycles. The van der Waals surface area contributed by atoms with E-state index >= 15 is 0 Å². The Hall–Kier alpha value is -1.17. The van der Waals surface area contributed by atoms with Gasteiger partial charge in [0.1, 0.15) is 5.60 Å². The van der Waals surface area contributed by atoms with E-state index in [-0.39, 0.29) is 0 Å². The van der Waals surface area contributed by atoms with Crippen LogP contribution in [0.5, 0.6) is 0 Å². The van der Waals surface area contributed by atoms with Gasteiger partial charge in [0, 0.05) is 7.11 Å². The van der Waals surface area contributed by atoms with Gasteiger partial charge in [0.2, 0.25) is 0 Å². The van der Waals surface area contributed by atoms with E-state index < -0.39 is 5.60 Å². The van der Waals surface area contributed by atoms with E-state index in [1.165, 1.54) is 5.56 Å². The monoisotopic (exact) mass is 336 g/mol. The van der Waals surface area contributed by atoms with Crippen molar-refractivity contribution >= 4 is 15.9 Å². The molecule has 1 N–H and O–H groups in total. The summed E-state index contributed by atoms with van der Waals surface area (Å²) in [7, 11) is 1.66. The van der Waals surface area contributed by atoms with Crippen molar-refractivity contribution in [2.75, 3.05) is 13.7 Å². The van der Waals surface area contributed by atoms with Gasteiger partial charge in [-0.25, -0.2) is 0 Å². The van der Waals surface area contributed by atoms with E-state index in [9.17, 15) is 5.11 Å². The first kappa shape index (κ1) is 13.8. The second-order valence-corrected chi connectivity index (χ2v) is 5.93. The number of ether oxygens (including phenoxy) is 1. The molecule has 1 aliphatic rings. The lowest BCUT2D eigenvalue weighted by molar-refractivity contribution is 0.0695. The van der Waals surface area contributed by atoms with Crippen LogP contribution in [0.1, 0.15) is 23.2 Å². The minimum atomic E-state index is -0.973. The van der Waals surface area contributed by atoms with Crippen molar-refractivity contribution in [3.63, 3.8) is 0 Å². The Balaban J connectivity index is 2.07. The maximum Gasteiger partial charge on any atom is 0.133 e. The number of nitrogens with zero attached hydrogens (tertiary/aromatic N) is 2. The summed E-state index contributed by atoms with van der Waals surface area (Å²) in [6.07, 6.45) is 3.31. The minimum absolute atomic E-state index is 0.568. The van der Waals surface area contributed by atoms with Crippen LogP contribution in [-0.4, -0.2) is 28.6 Å². The second-order valence-electron chi connectivity index (χ2n) is 5.07. The third-order valence-corrected chi connectivity index (χ3v) is 4.49. The van der Waals surface area contributed by atoms with Crippen LogP contribution in [0.4, 0.5) is 0 Å². The van der Waals surface area contributed by atoms with Crippen molar-refractivity contribution in [1.29, 1.82) is 0 Å². The number of methoxy groups -OCH3 is 1. The van der Waals surface area contributed by atoms with Gasteiger partial charge in [-0.3, -0.25) is 4.68 Å².